The van der Waals surface area contributed by atoms with E-state index in [0.29, 0.717) is 5.84 Å². The number of nitrogens with zero attached hydrogens (tertiary/aromatic N) is 3. The topological polar surface area (TPSA) is 107 Å². The number of rotatable bonds is 5. The molecule has 7 nitrogen and oxygen atoms in total. The second kappa shape index (κ2) is 9.75. The zero-order valence-electron chi connectivity index (χ0n) is 16.6. The van der Waals surface area contributed by atoms with Gasteiger partial charge in [-0.1, -0.05) is 24.2 Å². The maximum atomic E-state index is 14.1. The summed E-state index contributed by atoms with van der Waals surface area (Å²) in [5.74, 6) is -1.27. The summed E-state index contributed by atoms with van der Waals surface area (Å²) in [5, 5.41) is 10.7. The maximum Gasteiger partial charge on any atom is 0.273 e. The number of nitrogens with two attached hydrogens (primary N) is 1. The van der Waals surface area contributed by atoms with E-state index in [1.807, 2.05) is 0 Å². The van der Waals surface area contributed by atoms with Gasteiger partial charge in [0.15, 0.2) is 5.69 Å². The lowest BCUT2D eigenvalue weighted by atomic mass is 10.2. The molecule has 0 aliphatic carbocycles. The smallest absolute Gasteiger partial charge is 0.273 e. The average molecular weight is 435 g/mol. The van der Waals surface area contributed by atoms with Gasteiger partial charge in [0.1, 0.15) is 33.5 Å². The summed E-state index contributed by atoms with van der Waals surface area (Å²) in [4.78, 5) is 23.3. The Morgan fingerprint density at radius 3 is 2.67 bits per heavy atom. The van der Waals surface area contributed by atoms with E-state index in [-0.39, 0.29) is 21.3 Å². The van der Waals surface area contributed by atoms with E-state index in [0.717, 1.165) is 74.5 Å². The van der Waals surface area contributed by atoms with Gasteiger partial charge in [-0.15, -0.1) is 0 Å². The summed E-state index contributed by atoms with van der Waals surface area (Å²) >= 11 is 0.900. The number of halogens is 2. The van der Waals surface area contributed by atoms with Gasteiger partial charge in [-0.3, -0.25) is 9.79 Å². The molecule has 1 amide bonds. The second-order valence-electron chi connectivity index (χ2n) is 6.96. The van der Waals surface area contributed by atoms with Crippen LogP contribution >= 0.6 is 11.3 Å². The van der Waals surface area contributed by atoms with Crippen molar-refractivity contribution >= 4 is 34.3 Å². The molecule has 0 spiro atoms. The highest BCUT2D eigenvalue weighted by molar-refractivity contribution is 7.19. The van der Waals surface area contributed by atoms with Crippen molar-refractivity contribution in [1.82, 2.24) is 15.2 Å². The Hall–Kier alpha value is -2.88. The lowest BCUT2D eigenvalue weighted by Crippen LogP contribution is -2.50. The summed E-state index contributed by atoms with van der Waals surface area (Å²) in [7, 11) is 1.63. The molecular weight excluding hydrogens is 410 g/mol. The van der Waals surface area contributed by atoms with Crippen molar-refractivity contribution in [2.24, 2.45) is 4.99 Å². The minimum atomic E-state index is -0.740. The Labute approximate surface area is 177 Å². The fourth-order valence-electron chi connectivity index (χ4n) is 3.44. The van der Waals surface area contributed by atoms with Crippen molar-refractivity contribution < 1.29 is 13.6 Å². The first-order valence-electron chi connectivity index (χ1n) is 9.69. The molecule has 1 aliphatic rings. The quantitative estimate of drug-likeness (QED) is 0.496. The molecule has 2 aromatic rings. The fraction of sp³-hybridized carbons (Fsp3) is 0.400. The van der Waals surface area contributed by atoms with Crippen molar-refractivity contribution in [2.75, 3.05) is 25.9 Å². The monoisotopic (exact) mass is 434 g/mol. The van der Waals surface area contributed by atoms with Crippen molar-refractivity contribution in [1.29, 1.82) is 5.41 Å². The van der Waals surface area contributed by atoms with Crippen LogP contribution in [-0.2, 0) is 0 Å². The molecule has 4 N–H and O–H groups in total. The number of aliphatic imine (C=N–C) groups is 1. The normalized spacial score (nSPS) is 16.1. The van der Waals surface area contributed by atoms with Crippen LogP contribution in [0.5, 0.6) is 0 Å². The van der Waals surface area contributed by atoms with Gasteiger partial charge >= 0.3 is 0 Å². The number of amidine groups is 1. The first kappa shape index (κ1) is 21.8. The van der Waals surface area contributed by atoms with Gasteiger partial charge in [0.2, 0.25) is 0 Å². The van der Waals surface area contributed by atoms with Crippen LogP contribution in [-0.4, -0.2) is 54.0 Å². The van der Waals surface area contributed by atoms with Crippen molar-refractivity contribution in [3.8, 4) is 10.6 Å². The van der Waals surface area contributed by atoms with Gasteiger partial charge in [0, 0.05) is 31.9 Å². The predicted octanol–water partition coefficient (Wildman–Crippen LogP) is 3.32. The Morgan fingerprint density at radius 1 is 1.33 bits per heavy atom. The third-order valence-electron chi connectivity index (χ3n) is 4.92. The zero-order chi connectivity index (χ0) is 21.7. The second-order valence-corrected chi connectivity index (χ2v) is 7.99. The standard InChI is InChI=1S/C20H24F2N6OS/c1-25-18(28-8-4-2-3-5-9-28)15(11-23)26-19(29)16-17(24)30-20(27-16)13-10-12(21)6-7-14(13)22/h6-7,10-11,15,23H,2-5,8-9,24H2,1H3,(H,26,29). The highest BCUT2D eigenvalue weighted by Crippen LogP contribution is 2.32. The number of nitrogens with one attached hydrogen (secondary N) is 2. The number of thiazole rings is 1. The lowest BCUT2D eigenvalue weighted by molar-refractivity contribution is 0.0949. The number of carbonyl (C=O) groups is 1. The number of likely N-dealkylation sites (tertiary alicyclic amines) is 1. The van der Waals surface area contributed by atoms with Gasteiger partial charge in [0.05, 0.1) is 0 Å². The van der Waals surface area contributed by atoms with E-state index in [9.17, 15) is 13.6 Å². The lowest BCUT2D eigenvalue weighted by Gasteiger charge is -2.28. The molecule has 1 atom stereocenters. The number of benzene rings is 1. The molecule has 3 rings (SSSR count). The molecule has 160 valence electrons. The van der Waals surface area contributed by atoms with Crippen LogP contribution in [0.25, 0.3) is 10.6 Å². The molecule has 1 unspecified atom stereocenters. The summed E-state index contributed by atoms with van der Waals surface area (Å²) < 4.78 is 27.6. The summed E-state index contributed by atoms with van der Waals surface area (Å²) in [5.41, 5.74) is 5.79. The molecule has 1 aromatic heterocycles. The first-order valence-corrected chi connectivity index (χ1v) is 10.5. The van der Waals surface area contributed by atoms with E-state index >= 15 is 0 Å². The Bertz CT molecular complexity index is 953. The van der Waals surface area contributed by atoms with Gasteiger partial charge in [-0.2, -0.15) is 0 Å². The van der Waals surface area contributed by atoms with Gasteiger partial charge < -0.3 is 21.4 Å². The Morgan fingerprint density at radius 2 is 2.03 bits per heavy atom. The molecule has 2 heterocycles. The molecule has 0 saturated carbocycles. The number of carbonyl (C=O) groups excluding carboxylic acids is 1. The number of hydrogen-bond acceptors (Lipinski definition) is 6. The van der Waals surface area contributed by atoms with E-state index in [2.05, 4.69) is 20.2 Å². The molecule has 10 heteroatoms. The summed E-state index contributed by atoms with van der Waals surface area (Å²) in [6.45, 7) is 1.63. The number of amides is 1. The zero-order valence-corrected chi connectivity index (χ0v) is 17.4. The highest BCUT2D eigenvalue weighted by Gasteiger charge is 2.26. The van der Waals surface area contributed by atoms with Crippen LogP contribution in [0.2, 0.25) is 0 Å². The Balaban J connectivity index is 1.81. The van der Waals surface area contributed by atoms with Gasteiger partial charge in [0.25, 0.3) is 5.91 Å². The van der Waals surface area contributed by atoms with Crippen LogP contribution in [0.15, 0.2) is 23.2 Å². The number of nitrogen functional groups attached to an aromatic ring is 1. The number of hydrogen-bond donors (Lipinski definition) is 3. The van der Waals surface area contributed by atoms with Crippen LogP contribution in [0.1, 0.15) is 36.2 Å². The number of aromatic nitrogens is 1. The average Bonchev–Trinajstić information content (AvgIpc) is 2.93. The summed E-state index contributed by atoms with van der Waals surface area (Å²) in [6, 6.07) is 2.28. The Kier molecular flexibility index (Phi) is 7.09. The van der Waals surface area contributed by atoms with E-state index < -0.39 is 23.6 Å². The van der Waals surface area contributed by atoms with E-state index in [4.69, 9.17) is 11.1 Å². The van der Waals surface area contributed by atoms with E-state index in [1.165, 1.54) is 0 Å². The van der Waals surface area contributed by atoms with Crippen molar-refractivity contribution in [3.63, 3.8) is 0 Å². The minimum absolute atomic E-state index is 0.0604. The minimum Gasteiger partial charge on any atom is -0.389 e. The number of anilines is 1. The molecule has 1 fully saturated rings. The van der Waals surface area contributed by atoms with Crippen molar-refractivity contribution in [2.45, 2.75) is 31.7 Å². The van der Waals surface area contributed by atoms with Gasteiger partial charge in [-0.05, 0) is 31.0 Å². The highest BCUT2D eigenvalue weighted by atomic mass is 32.1. The van der Waals surface area contributed by atoms with Crippen LogP contribution < -0.4 is 11.1 Å². The first-order chi connectivity index (χ1) is 14.4. The van der Waals surface area contributed by atoms with Crippen LogP contribution in [0.3, 0.4) is 0 Å². The van der Waals surface area contributed by atoms with Crippen molar-refractivity contribution in [3.05, 3.63) is 35.5 Å². The molecule has 30 heavy (non-hydrogen) atoms. The predicted molar refractivity (Wildman–Crippen MR) is 115 cm³/mol. The largest absolute Gasteiger partial charge is 0.389 e. The SMILES string of the molecule is CN=C(C(C=N)NC(=O)c1nc(-c2cc(F)ccc2F)sc1N)N1CCCCCC1. The molecule has 1 aliphatic heterocycles. The van der Waals surface area contributed by atoms with E-state index in [1.54, 1.807) is 7.05 Å². The van der Waals surface area contributed by atoms with Crippen LogP contribution in [0, 0.1) is 17.0 Å². The molecule has 1 aromatic carbocycles. The molecule has 1 saturated heterocycles. The maximum absolute atomic E-state index is 14.1. The molecule has 0 bridgehead atoms. The van der Waals surface area contributed by atoms with Crippen LogP contribution in [0.4, 0.5) is 13.8 Å². The molecule has 0 radical (unpaired) electrons. The van der Waals surface area contributed by atoms with Gasteiger partial charge in [-0.25, -0.2) is 13.8 Å². The molecular formula is C20H24F2N6OS. The summed E-state index contributed by atoms with van der Waals surface area (Å²) in [6.07, 6.45) is 5.45. The third-order valence-corrected chi connectivity index (χ3v) is 5.84. The third kappa shape index (κ3) is 4.81. The fourth-order valence-corrected chi connectivity index (χ4v) is 4.29.